The van der Waals surface area contributed by atoms with Gasteiger partial charge in [0.25, 0.3) is 0 Å². The van der Waals surface area contributed by atoms with Gasteiger partial charge in [0.1, 0.15) is 11.6 Å². The zero-order valence-corrected chi connectivity index (χ0v) is 15.6. The molecule has 0 spiro atoms. The lowest BCUT2D eigenvalue weighted by Gasteiger charge is -2.03. The van der Waals surface area contributed by atoms with Crippen LogP contribution in [0, 0.1) is 5.82 Å². The molecule has 2 rings (SSSR count). The topological polar surface area (TPSA) is 34.0 Å². The molecule has 0 bridgehead atoms. The lowest BCUT2D eigenvalue weighted by Crippen LogP contribution is -1.93. The Bertz CT molecular complexity index is 723. The highest BCUT2D eigenvalue weighted by Gasteiger charge is 2.02. The van der Waals surface area contributed by atoms with Crippen molar-refractivity contribution >= 4 is 12.4 Å². The van der Waals surface area contributed by atoms with Gasteiger partial charge in [-0.05, 0) is 54.3 Å². The van der Waals surface area contributed by atoms with Crippen LogP contribution in [0.3, 0.4) is 0 Å². The number of hydrogen-bond acceptors (Lipinski definition) is 3. The van der Waals surface area contributed by atoms with Crippen LogP contribution < -0.4 is 4.74 Å². The number of nitrogens with zero attached hydrogens (tertiary/aromatic N) is 2. The van der Waals surface area contributed by atoms with Crippen molar-refractivity contribution in [3.05, 3.63) is 65.0 Å². The fraction of sp³-hybridized carbons (Fsp3) is 0.364. The van der Waals surface area contributed by atoms with Gasteiger partial charge in [0.15, 0.2) is 0 Å². The van der Waals surface area contributed by atoms with Crippen LogP contribution in [0.4, 0.5) is 4.39 Å². The highest BCUT2D eigenvalue weighted by atomic mass is 19.1. The van der Waals surface area contributed by atoms with E-state index in [-0.39, 0.29) is 5.82 Å². The summed E-state index contributed by atoms with van der Waals surface area (Å²) in [5.41, 5.74) is 2.39. The average molecular weight is 354 g/mol. The van der Waals surface area contributed by atoms with Crippen molar-refractivity contribution in [2.45, 2.75) is 45.4 Å². The minimum atomic E-state index is -0.251. The molecule has 0 aromatic heterocycles. The molecule has 3 nitrogen and oxygen atoms in total. The second kappa shape index (κ2) is 11.2. The van der Waals surface area contributed by atoms with Crippen LogP contribution in [-0.4, -0.2) is 19.5 Å². The molecule has 0 heterocycles. The number of aryl methyl sites for hydroxylation is 1. The van der Waals surface area contributed by atoms with Crippen molar-refractivity contribution in [2.75, 3.05) is 7.11 Å². The lowest BCUT2D eigenvalue weighted by molar-refractivity contribution is 0.415. The summed E-state index contributed by atoms with van der Waals surface area (Å²) in [6, 6.07) is 12.8. The van der Waals surface area contributed by atoms with Crippen molar-refractivity contribution in [1.82, 2.24) is 0 Å². The third-order valence-electron chi connectivity index (χ3n) is 4.22. The summed E-state index contributed by atoms with van der Waals surface area (Å²) in [6.45, 7) is 2.21. The lowest BCUT2D eigenvalue weighted by atomic mass is 10.0. The standard InChI is InChI=1S/C22H27FN2O/c1-3-4-5-6-7-8-18-9-12-20(22(23)15-18)17-25-24-16-19-10-13-21(26-2)14-11-19/h9-17H,3-8H2,1-2H3/b24-16+,25-17+. The number of hydrogen-bond donors (Lipinski definition) is 0. The third kappa shape index (κ3) is 6.79. The van der Waals surface area contributed by atoms with Gasteiger partial charge in [-0.3, -0.25) is 0 Å². The van der Waals surface area contributed by atoms with E-state index in [1.165, 1.54) is 31.9 Å². The van der Waals surface area contributed by atoms with Crippen LogP contribution in [0.1, 0.15) is 55.7 Å². The molecule has 0 saturated carbocycles. The van der Waals surface area contributed by atoms with Crippen LogP contribution >= 0.6 is 0 Å². The summed E-state index contributed by atoms with van der Waals surface area (Å²) in [5.74, 6) is 0.539. The van der Waals surface area contributed by atoms with E-state index in [4.69, 9.17) is 4.74 Å². The number of rotatable bonds is 10. The fourth-order valence-corrected chi connectivity index (χ4v) is 2.65. The number of methoxy groups -OCH3 is 1. The van der Waals surface area contributed by atoms with Crippen molar-refractivity contribution in [2.24, 2.45) is 10.2 Å². The van der Waals surface area contributed by atoms with E-state index in [0.717, 1.165) is 29.7 Å². The van der Waals surface area contributed by atoms with Crippen molar-refractivity contribution in [3.63, 3.8) is 0 Å². The van der Waals surface area contributed by atoms with Crippen LogP contribution in [0.5, 0.6) is 5.75 Å². The molecule has 26 heavy (non-hydrogen) atoms. The number of halogens is 1. The second-order valence-corrected chi connectivity index (χ2v) is 6.28. The van der Waals surface area contributed by atoms with Crippen LogP contribution in [-0.2, 0) is 6.42 Å². The quantitative estimate of drug-likeness (QED) is 0.301. The summed E-state index contributed by atoms with van der Waals surface area (Å²) in [7, 11) is 1.62. The molecule has 0 atom stereocenters. The van der Waals surface area contributed by atoms with E-state index in [1.54, 1.807) is 25.5 Å². The zero-order chi connectivity index (χ0) is 18.6. The van der Waals surface area contributed by atoms with Gasteiger partial charge in [0.2, 0.25) is 0 Å². The fourth-order valence-electron chi connectivity index (χ4n) is 2.65. The first kappa shape index (κ1) is 19.8. The molecule has 0 aliphatic rings. The molecule has 0 radical (unpaired) electrons. The van der Waals surface area contributed by atoms with Crippen molar-refractivity contribution < 1.29 is 9.13 Å². The molecule has 0 aliphatic carbocycles. The Morgan fingerprint density at radius 1 is 0.923 bits per heavy atom. The Kier molecular flexibility index (Phi) is 8.53. The molecule has 0 N–H and O–H groups in total. The first-order valence-electron chi connectivity index (χ1n) is 9.22. The summed E-state index contributed by atoms with van der Waals surface area (Å²) in [4.78, 5) is 0. The SMILES string of the molecule is CCCCCCCc1ccc(/C=N/N=C/c2ccc(OC)cc2)c(F)c1. The van der Waals surface area contributed by atoms with Crippen LogP contribution in [0.15, 0.2) is 52.7 Å². The summed E-state index contributed by atoms with van der Waals surface area (Å²) in [5, 5.41) is 7.91. The van der Waals surface area contributed by atoms with E-state index in [2.05, 4.69) is 17.1 Å². The molecule has 0 unspecified atom stereocenters. The molecule has 138 valence electrons. The van der Waals surface area contributed by atoms with E-state index in [0.29, 0.717) is 5.56 Å². The van der Waals surface area contributed by atoms with Crippen LogP contribution in [0.25, 0.3) is 0 Å². The van der Waals surface area contributed by atoms with Gasteiger partial charge in [0, 0.05) is 5.56 Å². The minimum absolute atomic E-state index is 0.251. The maximum atomic E-state index is 14.2. The molecule has 2 aromatic carbocycles. The Hall–Kier alpha value is -2.49. The highest BCUT2D eigenvalue weighted by Crippen LogP contribution is 2.13. The van der Waals surface area contributed by atoms with E-state index in [1.807, 2.05) is 30.3 Å². The molecule has 0 saturated heterocycles. The predicted molar refractivity (Wildman–Crippen MR) is 107 cm³/mol. The summed E-state index contributed by atoms with van der Waals surface area (Å²) >= 11 is 0. The predicted octanol–water partition coefficient (Wildman–Crippen LogP) is 5.80. The summed E-state index contributed by atoms with van der Waals surface area (Å²) in [6.07, 6.45) is 10.1. The molecule has 2 aromatic rings. The molecule has 0 amide bonds. The van der Waals surface area contributed by atoms with Gasteiger partial charge in [-0.1, -0.05) is 44.7 Å². The van der Waals surface area contributed by atoms with E-state index >= 15 is 0 Å². The van der Waals surface area contributed by atoms with Crippen LogP contribution in [0.2, 0.25) is 0 Å². The Morgan fingerprint density at radius 3 is 2.35 bits per heavy atom. The van der Waals surface area contributed by atoms with Gasteiger partial charge in [0.05, 0.1) is 19.5 Å². The van der Waals surface area contributed by atoms with Gasteiger partial charge in [-0.25, -0.2) is 4.39 Å². The number of ether oxygens (including phenoxy) is 1. The van der Waals surface area contributed by atoms with E-state index in [9.17, 15) is 4.39 Å². The largest absolute Gasteiger partial charge is 0.497 e. The third-order valence-corrected chi connectivity index (χ3v) is 4.22. The van der Waals surface area contributed by atoms with Gasteiger partial charge in [-0.15, -0.1) is 0 Å². The Labute approximate surface area is 155 Å². The molecular weight excluding hydrogens is 327 g/mol. The van der Waals surface area contributed by atoms with Gasteiger partial charge < -0.3 is 4.74 Å². The summed E-state index contributed by atoms with van der Waals surface area (Å²) < 4.78 is 19.3. The molecular formula is C22H27FN2O. The maximum absolute atomic E-state index is 14.2. The first-order chi connectivity index (χ1) is 12.7. The Morgan fingerprint density at radius 2 is 1.65 bits per heavy atom. The maximum Gasteiger partial charge on any atom is 0.132 e. The van der Waals surface area contributed by atoms with Crippen molar-refractivity contribution in [1.29, 1.82) is 0 Å². The number of unbranched alkanes of at least 4 members (excludes halogenated alkanes) is 4. The smallest absolute Gasteiger partial charge is 0.132 e. The minimum Gasteiger partial charge on any atom is -0.497 e. The molecule has 0 aliphatic heterocycles. The van der Waals surface area contributed by atoms with Gasteiger partial charge in [-0.2, -0.15) is 10.2 Å². The van der Waals surface area contributed by atoms with Crippen molar-refractivity contribution in [3.8, 4) is 5.75 Å². The first-order valence-corrected chi connectivity index (χ1v) is 9.22. The van der Waals surface area contributed by atoms with E-state index < -0.39 is 0 Å². The zero-order valence-electron chi connectivity index (χ0n) is 15.6. The highest BCUT2D eigenvalue weighted by molar-refractivity contribution is 5.83. The monoisotopic (exact) mass is 354 g/mol. The molecule has 4 heteroatoms. The number of benzene rings is 2. The van der Waals surface area contributed by atoms with Gasteiger partial charge >= 0.3 is 0 Å². The Balaban J connectivity index is 1.86. The second-order valence-electron chi connectivity index (χ2n) is 6.28. The average Bonchev–Trinajstić information content (AvgIpc) is 2.67. The normalized spacial score (nSPS) is 11.5. The molecule has 0 fully saturated rings.